The third-order valence-electron chi connectivity index (χ3n) is 5.36. The van der Waals surface area contributed by atoms with Crippen LogP contribution in [0.2, 0.25) is 10.0 Å². The number of hydrogen-bond acceptors (Lipinski definition) is 5. The van der Waals surface area contributed by atoms with Crippen molar-refractivity contribution in [1.82, 2.24) is 5.32 Å². The van der Waals surface area contributed by atoms with Gasteiger partial charge in [0.15, 0.2) is 0 Å². The first kappa shape index (κ1) is 26.6. The molecule has 184 valence electrons. The van der Waals surface area contributed by atoms with Gasteiger partial charge in [0.05, 0.1) is 21.9 Å². The standard InChI is InChI=1S/C25H25Cl2N2O5P/c1-15-5-3-6-16(9-15)10-22(25(32)33)29-24(31)23-20(26)11-17(12-21(23)27)28-14-35(2,34)19-8-4-7-18(30)13-19/h3-9,11-13,22,28,30H,10,14H2,1-2H3,(H,29,31)(H,32,33)/t22-,35?/m0/s1. The van der Waals surface area contributed by atoms with Gasteiger partial charge in [0.1, 0.15) is 18.9 Å². The fourth-order valence-corrected chi connectivity index (χ4v) is 5.65. The van der Waals surface area contributed by atoms with Gasteiger partial charge >= 0.3 is 5.97 Å². The van der Waals surface area contributed by atoms with Gasteiger partial charge in [0.2, 0.25) is 0 Å². The third kappa shape index (κ3) is 7.01. The summed E-state index contributed by atoms with van der Waals surface area (Å²) < 4.78 is 13.1. The number of benzene rings is 3. The molecule has 3 aromatic carbocycles. The molecule has 35 heavy (non-hydrogen) atoms. The van der Waals surface area contributed by atoms with E-state index < -0.39 is 25.1 Å². The van der Waals surface area contributed by atoms with Crippen LogP contribution in [0.15, 0.2) is 60.7 Å². The van der Waals surface area contributed by atoms with Crippen molar-refractivity contribution in [3.05, 3.63) is 87.4 Å². The van der Waals surface area contributed by atoms with Crippen molar-refractivity contribution in [3.8, 4) is 5.75 Å². The van der Waals surface area contributed by atoms with Gasteiger partial charge in [0, 0.05) is 17.4 Å². The predicted molar refractivity (Wildman–Crippen MR) is 140 cm³/mol. The number of anilines is 1. The average molecular weight is 535 g/mol. The maximum atomic E-state index is 13.1. The summed E-state index contributed by atoms with van der Waals surface area (Å²) in [5.74, 6) is -1.88. The predicted octanol–water partition coefficient (Wildman–Crippen LogP) is 5.12. The number of aryl methyl sites for hydroxylation is 1. The number of rotatable bonds is 9. The normalized spacial score (nSPS) is 13.5. The van der Waals surface area contributed by atoms with Crippen LogP contribution in [0.3, 0.4) is 0 Å². The van der Waals surface area contributed by atoms with Gasteiger partial charge in [-0.3, -0.25) is 4.79 Å². The largest absolute Gasteiger partial charge is 0.508 e. The van der Waals surface area contributed by atoms with Gasteiger partial charge in [-0.1, -0.05) is 65.2 Å². The highest BCUT2D eigenvalue weighted by Gasteiger charge is 2.25. The molecule has 0 heterocycles. The van der Waals surface area contributed by atoms with Gasteiger partial charge in [0.25, 0.3) is 5.91 Å². The van der Waals surface area contributed by atoms with Crippen LogP contribution in [0.5, 0.6) is 5.75 Å². The quantitative estimate of drug-likeness (QED) is 0.283. The molecule has 1 unspecified atom stereocenters. The fraction of sp³-hybridized carbons (Fsp3) is 0.200. The average Bonchev–Trinajstić information content (AvgIpc) is 2.77. The van der Waals surface area contributed by atoms with E-state index in [2.05, 4.69) is 10.6 Å². The number of carbonyl (C=O) groups is 2. The number of aromatic hydroxyl groups is 1. The fourth-order valence-electron chi connectivity index (χ4n) is 3.52. The Labute approximate surface area is 213 Å². The molecule has 1 amide bonds. The summed E-state index contributed by atoms with van der Waals surface area (Å²) in [5, 5.41) is 25.3. The first-order chi connectivity index (χ1) is 16.5. The Morgan fingerprint density at radius 2 is 1.69 bits per heavy atom. The number of carboxylic acids is 1. The molecule has 10 heteroatoms. The van der Waals surface area contributed by atoms with Crippen LogP contribution < -0.4 is 15.9 Å². The van der Waals surface area contributed by atoms with Crippen LogP contribution in [0, 0.1) is 6.92 Å². The minimum absolute atomic E-state index is 0.0143. The monoisotopic (exact) mass is 534 g/mol. The lowest BCUT2D eigenvalue weighted by Crippen LogP contribution is -2.42. The van der Waals surface area contributed by atoms with Crippen molar-refractivity contribution in [2.45, 2.75) is 19.4 Å². The van der Waals surface area contributed by atoms with E-state index in [0.717, 1.165) is 11.1 Å². The Balaban J connectivity index is 1.74. The summed E-state index contributed by atoms with van der Waals surface area (Å²) in [7, 11) is -2.87. The van der Waals surface area contributed by atoms with Crippen molar-refractivity contribution < 1.29 is 24.4 Å². The molecule has 0 fully saturated rings. The SMILES string of the molecule is Cc1cccc(C[C@H](NC(=O)c2c(Cl)cc(NCP(C)(=O)c3cccc(O)c3)cc2Cl)C(=O)O)c1. The highest BCUT2D eigenvalue weighted by atomic mass is 35.5. The summed E-state index contributed by atoms with van der Waals surface area (Å²) in [6, 6.07) is 15.3. The summed E-state index contributed by atoms with van der Waals surface area (Å²) >= 11 is 12.7. The zero-order valence-corrected chi connectivity index (χ0v) is 21.5. The molecule has 7 nitrogen and oxygen atoms in total. The molecule has 0 radical (unpaired) electrons. The molecule has 0 bridgehead atoms. The number of halogens is 2. The van der Waals surface area contributed by atoms with E-state index >= 15 is 0 Å². The summed E-state index contributed by atoms with van der Waals surface area (Å²) in [6.45, 7) is 3.48. The molecule has 2 atom stereocenters. The van der Waals surface area contributed by atoms with Gasteiger partial charge in [-0.15, -0.1) is 0 Å². The number of phenolic OH excluding ortho intramolecular Hbond substituents is 1. The highest BCUT2D eigenvalue weighted by molar-refractivity contribution is 7.71. The number of carboxylic acid groups (broad SMARTS) is 1. The maximum Gasteiger partial charge on any atom is 0.326 e. The number of amides is 1. The molecule has 0 aliphatic heterocycles. The summed E-state index contributed by atoms with van der Waals surface area (Å²) in [4.78, 5) is 24.6. The van der Waals surface area contributed by atoms with Crippen LogP contribution in [0.25, 0.3) is 0 Å². The van der Waals surface area contributed by atoms with E-state index in [1.54, 1.807) is 24.9 Å². The molecule has 4 N–H and O–H groups in total. The van der Waals surface area contributed by atoms with E-state index in [0.29, 0.717) is 11.0 Å². The molecule has 0 saturated carbocycles. The second kappa shape index (κ2) is 11.2. The minimum atomic E-state index is -2.87. The van der Waals surface area contributed by atoms with Crippen molar-refractivity contribution in [2.24, 2.45) is 0 Å². The zero-order chi connectivity index (χ0) is 25.8. The van der Waals surface area contributed by atoms with Gasteiger partial charge in [-0.25, -0.2) is 4.79 Å². The minimum Gasteiger partial charge on any atom is -0.508 e. The van der Waals surface area contributed by atoms with Crippen LogP contribution in [0.1, 0.15) is 21.5 Å². The Kier molecular flexibility index (Phi) is 8.49. The molecule has 0 aliphatic carbocycles. The molecule has 0 saturated heterocycles. The Morgan fingerprint density at radius 1 is 1.03 bits per heavy atom. The van der Waals surface area contributed by atoms with Crippen LogP contribution >= 0.6 is 30.3 Å². The smallest absolute Gasteiger partial charge is 0.326 e. The summed E-state index contributed by atoms with van der Waals surface area (Å²) in [6.07, 6.45) is 0.157. The van der Waals surface area contributed by atoms with E-state index in [4.69, 9.17) is 23.2 Å². The van der Waals surface area contributed by atoms with Crippen molar-refractivity contribution in [2.75, 3.05) is 18.3 Å². The first-order valence-electron chi connectivity index (χ1n) is 10.6. The van der Waals surface area contributed by atoms with Gasteiger partial charge in [-0.2, -0.15) is 0 Å². The highest BCUT2D eigenvalue weighted by Crippen LogP contribution is 2.41. The van der Waals surface area contributed by atoms with Crippen molar-refractivity contribution in [3.63, 3.8) is 0 Å². The topological polar surface area (TPSA) is 116 Å². The lowest BCUT2D eigenvalue weighted by Gasteiger charge is -2.18. The number of hydrogen-bond donors (Lipinski definition) is 4. The number of nitrogens with one attached hydrogen (secondary N) is 2. The number of aliphatic carboxylic acids is 1. The maximum absolute atomic E-state index is 13.1. The molecular weight excluding hydrogens is 510 g/mol. The van der Waals surface area contributed by atoms with Crippen LogP contribution in [-0.2, 0) is 15.8 Å². The Morgan fingerprint density at radius 3 is 2.29 bits per heavy atom. The third-order valence-corrected chi connectivity index (χ3v) is 8.08. The van der Waals surface area contributed by atoms with E-state index in [1.165, 1.54) is 24.3 Å². The molecule has 0 spiro atoms. The van der Waals surface area contributed by atoms with E-state index in [-0.39, 0.29) is 34.1 Å². The van der Waals surface area contributed by atoms with Gasteiger partial charge < -0.3 is 25.4 Å². The first-order valence-corrected chi connectivity index (χ1v) is 13.7. The lowest BCUT2D eigenvalue weighted by atomic mass is 10.0. The molecule has 3 aromatic rings. The summed E-state index contributed by atoms with van der Waals surface area (Å²) in [5.41, 5.74) is 2.13. The van der Waals surface area contributed by atoms with Crippen molar-refractivity contribution >= 4 is 53.2 Å². The van der Waals surface area contributed by atoms with Crippen LogP contribution in [-0.4, -0.2) is 41.1 Å². The van der Waals surface area contributed by atoms with Crippen molar-refractivity contribution in [1.29, 1.82) is 0 Å². The molecule has 0 aromatic heterocycles. The second-order valence-corrected chi connectivity index (χ2v) is 12.2. The van der Waals surface area contributed by atoms with Gasteiger partial charge in [-0.05, 0) is 43.4 Å². The van der Waals surface area contributed by atoms with Crippen LogP contribution in [0.4, 0.5) is 5.69 Å². The van der Waals surface area contributed by atoms with E-state index in [1.807, 2.05) is 25.1 Å². The molecular formula is C25H25Cl2N2O5P. The second-order valence-electron chi connectivity index (χ2n) is 8.33. The lowest BCUT2D eigenvalue weighted by molar-refractivity contribution is -0.139. The zero-order valence-electron chi connectivity index (χ0n) is 19.1. The Bertz CT molecular complexity index is 1290. The number of phenols is 1. The Hall–Kier alpha value is -2.99. The molecule has 3 rings (SSSR count). The van der Waals surface area contributed by atoms with E-state index in [9.17, 15) is 24.4 Å². The molecule has 0 aliphatic rings. The number of carbonyl (C=O) groups excluding carboxylic acids is 1.